The van der Waals surface area contributed by atoms with Gasteiger partial charge in [-0.3, -0.25) is 4.79 Å². The first kappa shape index (κ1) is 20.0. The van der Waals surface area contributed by atoms with Gasteiger partial charge in [-0.2, -0.15) is 5.10 Å². The number of ether oxygens (including phenoxy) is 3. The lowest BCUT2D eigenvalue weighted by Gasteiger charge is -2.23. The van der Waals surface area contributed by atoms with E-state index in [1.165, 1.54) is 21.3 Å². The maximum absolute atomic E-state index is 13.6. The van der Waals surface area contributed by atoms with Crippen LogP contribution in [-0.4, -0.2) is 38.0 Å². The van der Waals surface area contributed by atoms with E-state index in [4.69, 9.17) is 19.3 Å². The molecule has 0 spiro atoms. The second-order valence-electron chi connectivity index (χ2n) is 6.72. The Bertz CT molecular complexity index is 1040. The molecule has 30 heavy (non-hydrogen) atoms. The lowest BCUT2D eigenvalue weighted by molar-refractivity contribution is 0.0710. The van der Waals surface area contributed by atoms with Gasteiger partial charge in [-0.15, -0.1) is 11.3 Å². The van der Waals surface area contributed by atoms with Crippen molar-refractivity contribution in [1.82, 2.24) is 5.01 Å². The third-order valence-corrected chi connectivity index (χ3v) is 5.94. The first-order valence-electron chi connectivity index (χ1n) is 9.46. The molecule has 0 saturated carbocycles. The quantitative estimate of drug-likeness (QED) is 0.574. The van der Waals surface area contributed by atoms with E-state index in [0.717, 1.165) is 16.2 Å². The average Bonchev–Trinajstić information content (AvgIpc) is 3.48. The molecule has 1 aliphatic heterocycles. The number of carbonyl (C=O) groups is 1. The van der Waals surface area contributed by atoms with Gasteiger partial charge >= 0.3 is 0 Å². The minimum Gasteiger partial charge on any atom is -0.493 e. The molecular formula is C23H22N2O4S. The summed E-state index contributed by atoms with van der Waals surface area (Å²) < 4.78 is 16.2. The van der Waals surface area contributed by atoms with Gasteiger partial charge in [-0.05, 0) is 29.1 Å². The highest BCUT2D eigenvalue weighted by molar-refractivity contribution is 7.12. The topological polar surface area (TPSA) is 60.4 Å². The second-order valence-corrected chi connectivity index (χ2v) is 7.67. The molecule has 1 aliphatic rings. The van der Waals surface area contributed by atoms with Crippen molar-refractivity contribution in [2.75, 3.05) is 21.3 Å². The van der Waals surface area contributed by atoms with Crippen molar-refractivity contribution in [3.8, 4) is 17.2 Å². The SMILES string of the molecule is COc1cc(C(=O)N2N=C(c3cccs3)C[C@@H]2c2ccccc2)cc(OC)c1OC. The van der Waals surface area contributed by atoms with Crippen LogP contribution in [0.25, 0.3) is 0 Å². The van der Waals surface area contributed by atoms with Crippen molar-refractivity contribution >= 4 is 23.0 Å². The molecule has 2 aromatic carbocycles. The second kappa shape index (κ2) is 8.59. The molecule has 4 rings (SSSR count). The van der Waals surface area contributed by atoms with Crippen LogP contribution in [0.2, 0.25) is 0 Å². The van der Waals surface area contributed by atoms with Gasteiger partial charge in [0.15, 0.2) is 11.5 Å². The van der Waals surface area contributed by atoms with Crippen LogP contribution in [-0.2, 0) is 0 Å². The van der Waals surface area contributed by atoms with E-state index in [-0.39, 0.29) is 11.9 Å². The molecule has 0 saturated heterocycles. The van der Waals surface area contributed by atoms with E-state index in [9.17, 15) is 4.79 Å². The molecule has 0 fully saturated rings. The van der Waals surface area contributed by atoms with Crippen LogP contribution in [0, 0.1) is 0 Å². The van der Waals surface area contributed by atoms with Crippen LogP contribution in [0.15, 0.2) is 65.1 Å². The predicted molar refractivity (Wildman–Crippen MR) is 117 cm³/mol. The molecule has 154 valence electrons. The molecule has 6 nitrogen and oxygen atoms in total. The Labute approximate surface area is 179 Å². The van der Waals surface area contributed by atoms with Gasteiger partial charge < -0.3 is 14.2 Å². The normalized spacial score (nSPS) is 15.6. The van der Waals surface area contributed by atoms with Crippen molar-refractivity contribution in [3.05, 3.63) is 76.0 Å². The number of nitrogens with zero attached hydrogens (tertiary/aromatic N) is 2. The van der Waals surface area contributed by atoms with Crippen molar-refractivity contribution in [1.29, 1.82) is 0 Å². The maximum Gasteiger partial charge on any atom is 0.274 e. The van der Waals surface area contributed by atoms with Crippen LogP contribution in [0.1, 0.15) is 33.3 Å². The minimum atomic E-state index is -0.227. The van der Waals surface area contributed by atoms with Gasteiger partial charge in [0.05, 0.1) is 38.0 Å². The summed E-state index contributed by atoms with van der Waals surface area (Å²) in [6.45, 7) is 0. The van der Waals surface area contributed by atoms with Crippen molar-refractivity contribution in [3.63, 3.8) is 0 Å². The van der Waals surface area contributed by atoms with E-state index < -0.39 is 0 Å². The molecule has 1 atom stereocenters. The average molecular weight is 423 g/mol. The molecule has 0 bridgehead atoms. The number of rotatable bonds is 6. The maximum atomic E-state index is 13.6. The zero-order chi connectivity index (χ0) is 21.1. The monoisotopic (exact) mass is 422 g/mol. The highest BCUT2D eigenvalue weighted by atomic mass is 32.1. The van der Waals surface area contributed by atoms with Crippen LogP contribution < -0.4 is 14.2 Å². The van der Waals surface area contributed by atoms with Gasteiger partial charge in [0.2, 0.25) is 5.75 Å². The summed E-state index contributed by atoms with van der Waals surface area (Å²) >= 11 is 1.62. The van der Waals surface area contributed by atoms with Crippen molar-refractivity contribution < 1.29 is 19.0 Å². The number of hydrogen-bond donors (Lipinski definition) is 0. The molecular weight excluding hydrogens is 400 g/mol. The minimum absolute atomic E-state index is 0.185. The fraction of sp³-hybridized carbons (Fsp3) is 0.217. The lowest BCUT2D eigenvalue weighted by Crippen LogP contribution is -2.27. The summed E-state index contributed by atoms with van der Waals surface area (Å²) in [5.41, 5.74) is 2.36. The molecule has 0 radical (unpaired) electrons. The Balaban J connectivity index is 1.76. The summed E-state index contributed by atoms with van der Waals surface area (Å²) in [6, 6.07) is 17.1. The van der Waals surface area contributed by atoms with E-state index in [2.05, 4.69) is 0 Å². The number of carbonyl (C=O) groups excluding carboxylic acids is 1. The zero-order valence-electron chi connectivity index (χ0n) is 17.0. The van der Waals surface area contributed by atoms with Crippen molar-refractivity contribution in [2.24, 2.45) is 5.10 Å². The summed E-state index contributed by atoms with van der Waals surface area (Å²) in [5, 5.41) is 8.29. The molecule has 3 aromatic rings. The number of thiophene rings is 1. The Morgan fingerprint density at radius 1 is 1.00 bits per heavy atom. The summed E-state index contributed by atoms with van der Waals surface area (Å²) in [5.74, 6) is 1.08. The van der Waals surface area contributed by atoms with E-state index in [1.54, 1.807) is 28.5 Å². The predicted octanol–water partition coefficient (Wildman–Crippen LogP) is 4.77. The first-order valence-corrected chi connectivity index (χ1v) is 10.3. The van der Waals surface area contributed by atoms with Gasteiger partial charge in [-0.25, -0.2) is 5.01 Å². The van der Waals surface area contributed by atoms with Gasteiger partial charge in [-0.1, -0.05) is 36.4 Å². The highest BCUT2D eigenvalue weighted by Gasteiger charge is 2.34. The highest BCUT2D eigenvalue weighted by Crippen LogP contribution is 2.40. The van der Waals surface area contributed by atoms with E-state index in [0.29, 0.717) is 29.2 Å². The van der Waals surface area contributed by atoms with Gasteiger partial charge in [0.1, 0.15) is 0 Å². The lowest BCUT2D eigenvalue weighted by atomic mass is 10.0. The Hall–Kier alpha value is -3.32. The van der Waals surface area contributed by atoms with E-state index in [1.807, 2.05) is 47.8 Å². The summed E-state index contributed by atoms with van der Waals surface area (Å²) in [4.78, 5) is 14.6. The number of amides is 1. The molecule has 1 aromatic heterocycles. The smallest absolute Gasteiger partial charge is 0.274 e. The fourth-order valence-electron chi connectivity index (χ4n) is 3.56. The summed E-state index contributed by atoms with van der Waals surface area (Å²) in [6.07, 6.45) is 0.653. The third-order valence-electron chi connectivity index (χ3n) is 5.02. The van der Waals surface area contributed by atoms with E-state index >= 15 is 0 Å². The van der Waals surface area contributed by atoms with Crippen LogP contribution in [0.3, 0.4) is 0 Å². The Morgan fingerprint density at radius 2 is 1.70 bits per heavy atom. The van der Waals surface area contributed by atoms with Crippen LogP contribution in [0.5, 0.6) is 17.2 Å². The van der Waals surface area contributed by atoms with Crippen LogP contribution in [0.4, 0.5) is 0 Å². The molecule has 0 N–H and O–H groups in total. The Morgan fingerprint density at radius 3 is 2.27 bits per heavy atom. The zero-order valence-corrected chi connectivity index (χ0v) is 17.8. The molecule has 2 heterocycles. The molecule has 1 amide bonds. The molecule has 0 aliphatic carbocycles. The number of benzene rings is 2. The third kappa shape index (κ3) is 3.64. The Kier molecular flexibility index (Phi) is 5.72. The molecule has 0 unspecified atom stereocenters. The number of methoxy groups -OCH3 is 3. The summed E-state index contributed by atoms with van der Waals surface area (Å²) in [7, 11) is 4.59. The largest absolute Gasteiger partial charge is 0.493 e. The van der Waals surface area contributed by atoms with Gasteiger partial charge in [0.25, 0.3) is 5.91 Å². The fourth-order valence-corrected chi connectivity index (χ4v) is 4.28. The number of hydrogen-bond acceptors (Lipinski definition) is 6. The van der Waals surface area contributed by atoms with Crippen molar-refractivity contribution in [2.45, 2.75) is 12.5 Å². The van der Waals surface area contributed by atoms with Crippen LogP contribution >= 0.6 is 11.3 Å². The standard InChI is InChI=1S/C23H22N2O4S/c1-27-19-12-16(13-20(28-2)22(19)29-3)23(26)25-18(15-8-5-4-6-9-15)14-17(24-25)21-10-7-11-30-21/h4-13,18H,14H2,1-3H3/t18-/m1/s1. The first-order chi connectivity index (χ1) is 14.7. The van der Waals surface area contributed by atoms with Gasteiger partial charge in [0, 0.05) is 12.0 Å². The number of hydrazone groups is 1. The molecule has 7 heteroatoms.